The maximum atomic E-state index is 9.75. The first kappa shape index (κ1) is 9.01. The van der Waals surface area contributed by atoms with Gasteiger partial charge in [-0.25, -0.2) is 0 Å². The molecular weight excluding hydrogens is 138 g/mol. The van der Waals surface area contributed by atoms with Crippen LogP contribution in [-0.4, -0.2) is 34.7 Å². The van der Waals surface area contributed by atoms with Crippen molar-refractivity contribution in [1.29, 1.82) is 0 Å². The van der Waals surface area contributed by atoms with Crippen LogP contribution in [0.15, 0.2) is 0 Å². The summed E-state index contributed by atoms with van der Waals surface area (Å²) in [4.78, 5) is 2.34. The van der Waals surface area contributed by atoms with Crippen LogP contribution in [-0.2, 0) is 0 Å². The lowest BCUT2D eigenvalue weighted by molar-refractivity contribution is -0.0330. The highest BCUT2D eigenvalue weighted by atomic mass is 16.3. The van der Waals surface area contributed by atoms with E-state index in [1.54, 1.807) is 0 Å². The maximum Gasteiger partial charge on any atom is 0.0746 e. The first-order chi connectivity index (χ1) is 5.05. The van der Waals surface area contributed by atoms with Crippen LogP contribution in [0.1, 0.15) is 33.6 Å². The van der Waals surface area contributed by atoms with Crippen LogP contribution in [0.4, 0.5) is 0 Å². The van der Waals surface area contributed by atoms with E-state index in [4.69, 9.17) is 0 Å². The Kier molecular flexibility index (Phi) is 2.55. The molecule has 1 N–H and O–H groups in total. The molecule has 0 spiro atoms. The van der Waals surface area contributed by atoms with E-state index >= 15 is 0 Å². The number of likely N-dealkylation sites (N-methyl/N-ethyl adjacent to an activating group) is 1. The molecule has 0 saturated carbocycles. The van der Waals surface area contributed by atoms with Crippen molar-refractivity contribution in [2.24, 2.45) is 0 Å². The smallest absolute Gasteiger partial charge is 0.0746 e. The second kappa shape index (κ2) is 3.11. The number of likely N-dealkylation sites (tertiary alicyclic amines) is 1. The third kappa shape index (κ3) is 2.17. The molecule has 0 radical (unpaired) electrons. The van der Waals surface area contributed by atoms with Crippen molar-refractivity contribution in [2.45, 2.75) is 45.3 Å². The molecule has 2 nitrogen and oxygen atoms in total. The van der Waals surface area contributed by atoms with Gasteiger partial charge < -0.3 is 5.11 Å². The van der Waals surface area contributed by atoms with E-state index in [1.165, 1.54) is 0 Å². The molecule has 0 aromatic heterocycles. The highest BCUT2D eigenvalue weighted by Crippen LogP contribution is 2.24. The first-order valence-electron chi connectivity index (χ1n) is 4.51. The van der Waals surface area contributed by atoms with Crippen molar-refractivity contribution in [1.82, 2.24) is 4.90 Å². The molecule has 0 aromatic rings. The Morgan fingerprint density at radius 1 is 1.64 bits per heavy atom. The van der Waals surface area contributed by atoms with Gasteiger partial charge in [0, 0.05) is 12.6 Å². The van der Waals surface area contributed by atoms with Crippen molar-refractivity contribution in [2.75, 3.05) is 13.1 Å². The molecule has 0 aromatic carbocycles. The van der Waals surface area contributed by atoms with Gasteiger partial charge in [-0.05, 0) is 33.2 Å². The standard InChI is InChI=1S/C9H19NO/c1-4-10-7-9(3,11)6-5-8(10)2/h8,11H,4-7H2,1-3H3. The van der Waals surface area contributed by atoms with E-state index in [2.05, 4.69) is 18.7 Å². The lowest BCUT2D eigenvalue weighted by Crippen LogP contribution is -2.49. The van der Waals surface area contributed by atoms with Crippen LogP contribution in [0.5, 0.6) is 0 Å². The molecular formula is C9H19NO. The maximum absolute atomic E-state index is 9.75. The van der Waals surface area contributed by atoms with Crippen LogP contribution in [0.25, 0.3) is 0 Å². The largest absolute Gasteiger partial charge is 0.389 e. The number of hydrogen-bond donors (Lipinski definition) is 1. The number of aliphatic hydroxyl groups is 1. The fourth-order valence-electron chi connectivity index (χ4n) is 1.80. The number of hydrogen-bond acceptors (Lipinski definition) is 2. The Morgan fingerprint density at radius 3 is 2.73 bits per heavy atom. The summed E-state index contributed by atoms with van der Waals surface area (Å²) < 4.78 is 0. The summed E-state index contributed by atoms with van der Waals surface area (Å²) in [6, 6.07) is 0.653. The monoisotopic (exact) mass is 157 g/mol. The topological polar surface area (TPSA) is 23.5 Å². The molecule has 2 atom stereocenters. The molecule has 1 heterocycles. The Labute approximate surface area is 69.2 Å². The van der Waals surface area contributed by atoms with Crippen LogP contribution in [0.2, 0.25) is 0 Å². The average Bonchev–Trinajstić information content (AvgIpc) is 1.94. The Balaban J connectivity index is 2.51. The molecule has 66 valence electrons. The lowest BCUT2D eigenvalue weighted by Gasteiger charge is -2.40. The Hall–Kier alpha value is -0.0800. The van der Waals surface area contributed by atoms with Crippen LogP contribution in [0, 0.1) is 0 Å². The number of nitrogens with zero attached hydrogens (tertiary/aromatic N) is 1. The molecule has 1 saturated heterocycles. The minimum Gasteiger partial charge on any atom is -0.389 e. The van der Waals surface area contributed by atoms with E-state index in [0.29, 0.717) is 6.04 Å². The molecule has 0 bridgehead atoms. The van der Waals surface area contributed by atoms with E-state index in [1.807, 2.05) is 6.92 Å². The van der Waals surface area contributed by atoms with E-state index < -0.39 is 5.60 Å². The fourth-order valence-corrected chi connectivity index (χ4v) is 1.80. The van der Waals surface area contributed by atoms with Crippen LogP contribution in [0.3, 0.4) is 0 Å². The van der Waals surface area contributed by atoms with Crippen molar-refractivity contribution in [3.63, 3.8) is 0 Å². The third-order valence-electron chi connectivity index (χ3n) is 2.67. The van der Waals surface area contributed by atoms with Gasteiger partial charge in [-0.2, -0.15) is 0 Å². The quantitative estimate of drug-likeness (QED) is 0.619. The molecule has 2 heteroatoms. The van der Waals surface area contributed by atoms with E-state index in [9.17, 15) is 5.11 Å². The number of β-amino-alcohol motifs (C(OH)–C–C–N with tert-alkyl or cyclic N) is 1. The summed E-state index contributed by atoms with van der Waals surface area (Å²) in [6.07, 6.45) is 2.07. The molecule has 1 aliphatic heterocycles. The summed E-state index contributed by atoms with van der Waals surface area (Å²) in [7, 11) is 0. The predicted molar refractivity (Wildman–Crippen MR) is 46.6 cm³/mol. The van der Waals surface area contributed by atoms with Gasteiger partial charge in [0.05, 0.1) is 5.60 Å². The van der Waals surface area contributed by atoms with Crippen LogP contribution >= 0.6 is 0 Å². The number of rotatable bonds is 1. The summed E-state index contributed by atoms with van der Waals surface area (Å²) in [5, 5.41) is 9.75. The van der Waals surface area contributed by atoms with E-state index in [0.717, 1.165) is 25.9 Å². The number of piperidine rings is 1. The minimum atomic E-state index is -0.442. The zero-order valence-corrected chi connectivity index (χ0v) is 7.80. The van der Waals surface area contributed by atoms with Crippen molar-refractivity contribution >= 4 is 0 Å². The summed E-state index contributed by atoms with van der Waals surface area (Å²) in [5.41, 5.74) is -0.442. The molecule has 0 aliphatic carbocycles. The fraction of sp³-hybridized carbons (Fsp3) is 1.00. The van der Waals surface area contributed by atoms with E-state index in [-0.39, 0.29) is 0 Å². The van der Waals surface area contributed by atoms with Gasteiger partial charge in [0.25, 0.3) is 0 Å². The molecule has 1 fully saturated rings. The van der Waals surface area contributed by atoms with Crippen molar-refractivity contribution in [3.05, 3.63) is 0 Å². The van der Waals surface area contributed by atoms with Crippen molar-refractivity contribution in [3.8, 4) is 0 Å². The minimum absolute atomic E-state index is 0.442. The summed E-state index contributed by atoms with van der Waals surface area (Å²) >= 11 is 0. The second-order valence-electron chi connectivity index (χ2n) is 3.95. The summed E-state index contributed by atoms with van der Waals surface area (Å²) in [6.45, 7) is 8.21. The SMILES string of the molecule is CCN1CC(C)(O)CCC1C. The molecule has 2 unspecified atom stereocenters. The highest BCUT2D eigenvalue weighted by Gasteiger charge is 2.31. The predicted octanol–water partition coefficient (Wildman–Crippen LogP) is 1.24. The molecule has 1 rings (SSSR count). The second-order valence-corrected chi connectivity index (χ2v) is 3.95. The average molecular weight is 157 g/mol. The van der Waals surface area contributed by atoms with Gasteiger partial charge in [0.15, 0.2) is 0 Å². The Morgan fingerprint density at radius 2 is 2.27 bits per heavy atom. The van der Waals surface area contributed by atoms with Gasteiger partial charge >= 0.3 is 0 Å². The van der Waals surface area contributed by atoms with Gasteiger partial charge in [0.2, 0.25) is 0 Å². The molecule has 0 amide bonds. The van der Waals surface area contributed by atoms with Gasteiger partial charge in [0.1, 0.15) is 0 Å². The first-order valence-corrected chi connectivity index (χ1v) is 4.51. The summed E-state index contributed by atoms with van der Waals surface area (Å²) in [5.74, 6) is 0. The van der Waals surface area contributed by atoms with Crippen molar-refractivity contribution < 1.29 is 5.11 Å². The Bertz CT molecular complexity index is 134. The van der Waals surface area contributed by atoms with Crippen LogP contribution < -0.4 is 0 Å². The molecule has 1 aliphatic rings. The lowest BCUT2D eigenvalue weighted by atomic mass is 9.91. The van der Waals surface area contributed by atoms with Gasteiger partial charge in [-0.1, -0.05) is 6.92 Å². The molecule has 11 heavy (non-hydrogen) atoms. The third-order valence-corrected chi connectivity index (χ3v) is 2.67. The normalized spacial score (nSPS) is 40.9. The zero-order valence-electron chi connectivity index (χ0n) is 7.80. The van der Waals surface area contributed by atoms with Gasteiger partial charge in [-0.3, -0.25) is 4.90 Å². The van der Waals surface area contributed by atoms with Gasteiger partial charge in [-0.15, -0.1) is 0 Å². The highest BCUT2D eigenvalue weighted by molar-refractivity contribution is 4.86. The zero-order chi connectivity index (χ0) is 8.48.